The molecule has 25 heavy (non-hydrogen) atoms. The lowest BCUT2D eigenvalue weighted by molar-refractivity contribution is -0.130. The monoisotopic (exact) mass is 355 g/mol. The van der Waals surface area contributed by atoms with E-state index in [9.17, 15) is 4.79 Å². The Labute approximate surface area is 154 Å². The fourth-order valence-corrected chi connectivity index (χ4v) is 4.02. The van der Waals surface area contributed by atoms with Gasteiger partial charge in [0.15, 0.2) is 5.16 Å². The molecule has 4 nitrogen and oxygen atoms in total. The molecule has 3 rings (SSSR count). The second kappa shape index (κ2) is 8.48. The van der Waals surface area contributed by atoms with E-state index in [-0.39, 0.29) is 11.2 Å². The maximum Gasteiger partial charge on any atom is 0.235 e. The van der Waals surface area contributed by atoms with Crippen molar-refractivity contribution in [3.63, 3.8) is 0 Å². The topological polar surface area (TPSA) is 46.1 Å². The van der Waals surface area contributed by atoms with Gasteiger partial charge in [0.25, 0.3) is 0 Å². The Kier molecular flexibility index (Phi) is 6.08. The third kappa shape index (κ3) is 4.82. The van der Waals surface area contributed by atoms with Crippen molar-refractivity contribution in [1.82, 2.24) is 14.9 Å². The number of hydrogen-bond acceptors (Lipinski definition) is 4. The highest BCUT2D eigenvalue weighted by Gasteiger charge is 2.23. The lowest BCUT2D eigenvalue weighted by Crippen LogP contribution is -2.37. The first-order chi connectivity index (χ1) is 12.1. The number of thioether (sulfide) groups is 1. The van der Waals surface area contributed by atoms with Gasteiger partial charge in [-0.2, -0.15) is 0 Å². The number of likely N-dealkylation sites (tertiary alicyclic amines) is 1. The summed E-state index contributed by atoms with van der Waals surface area (Å²) in [7, 11) is 0. The maximum atomic E-state index is 12.7. The molecule has 1 aromatic heterocycles. The molecule has 0 radical (unpaired) electrons. The van der Waals surface area contributed by atoms with E-state index in [1.165, 1.54) is 24.6 Å². The van der Waals surface area contributed by atoms with E-state index in [1.54, 1.807) is 0 Å². The second-order valence-corrected chi connectivity index (χ2v) is 7.85. The Bertz CT molecular complexity index is 712. The van der Waals surface area contributed by atoms with E-state index in [0.717, 1.165) is 42.9 Å². The third-order valence-electron chi connectivity index (χ3n) is 4.45. The van der Waals surface area contributed by atoms with E-state index < -0.39 is 0 Å². The van der Waals surface area contributed by atoms with E-state index in [1.807, 2.05) is 55.1 Å². The fourth-order valence-electron chi connectivity index (χ4n) is 3.11. The lowest BCUT2D eigenvalue weighted by atomic mass is 10.1. The van der Waals surface area contributed by atoms with Crippen LogP contribution in [0.25, 0.3) is 11.3 Å². The van der Waals surface area contributed by atoms with E-state index in [2.05, 4.69) is 9.97 Å². The third-order valence-corrected chi connectivity index (χ3v) is 5.40. The van der Waals surface area contributed by atoms with Gasteiger partial charge >= 0.3 is 0 Å². The summed E-state index contributed by atoms with van der Waals surface area (Å²) in [6.45, 7) is 5.70. The van der Waals surface area contributed by atoms with Gasteiger partial charge in [-0.15, -0.1) is 0 Å². The van der Waals surface area contributed by atoms with Crippen LogP contribution in [0.5, 0.6) is 0 Å². The Morgan fingerprint density at radius 1 is 1.08 bits per heavy atom. The molecule has 0 N–H and O–H groups in total. The molecular formula is C20H25N3OS. The highest BCUT2D eigenvalue weighted by atomic mass is 32.2. The van der Waals surface area contributed by atoms with Crippen molar-refractivity contribution < 1.29 is 4.79 Å². The predicted molar refractivity (Wildman–Crippen MR) is 103 cm³/mol. The van der Waals surface area contributed by atoms with Gasteiger partial charge in [0.2, 0.25) is 5.91 Å². The summed E-state index contributed by atoms with van der Waals surface area (Å²) in [5.41, 5.74) is 2.90. The second-order valence-electron chi connectivity index (χ2n) is 6.54. The van der Waals surface area contributed by atoms with Crippen LogP contribution in [0, 0.1) is 6.92 Å². The van der Waals surface area contributed by atoms with Gasteiger partial charge in [-0.1, -0.05) is 54.9 Å². The van der Waals surface area contributed by atoms with Crippen LogP contribution in [-0.2, 0) is 4.79 Å². The first kappa shape index (κ1) is 17.9. The number of nitrogens with zero attached hydrogens (tertiary/aromatic N) is 3. The number of carbonyl (C=O) groups excluding carboxylic acids is 1. The summed E-state index contributed by atoms with van der Waals surface area (Å²) in [6.07, 6.45) is 4.68. The molecule has 0 unspecified atom stereocenters. The number of rotatable bonds is 4. The highest BCUT2D eigenvalue weighted by Crippen LogP contribution is 2.26. The van der Waals surface area contributed by atoms with E-state index in [0.29, 0.717) is 5.16 Å². The largest absolute Gasteiger partial charge is 0.342 e. The Morgan fingerprint density at radius 2 is 1.76 bits per heavy atom. The number of carbonyl (C=O) groups is 1. The minimum absolute atomic E-state index is 0.163. The smallest absolute Gasteiger partial charge is 0.235 e. The minimum atomic E-state index is -0.163. The molecule has 2 heterocycles. The molecule has 1 aliphatic rings. The van der Waals surface area contributed by atoms with Crippen LogP contribution in [0.3, 0.4) is 0 Å². The number of amides is 1. The van der Waals surface area contributed by atoms with Gasteiger partial charge in [0.05, 0.1) is 10.9 Å². The van der Waals surface area contributed by atoms with Crippen molar-refractivity contribution in [3.05, 3.63) is 42.1 Å². The van der Waals surface area contributed by atoms with Crippen LogP contribution in [-0.4, -0.2) is 39.1 Å². The van der Waals surface area contributed by atoms with Crippen LogP contribution in [0.1, 0.15) is 38.3 Å². The van der Waals surface area contributed by atoms with Gasteiger partial charge in [-0.25, -0.2) is 9.97 Å². The first-order valence-electron chi connectivity index (χ1n) is 9.00. The molecular weight excluding hydrogens is 330 g/mol. The van der Waals surface area contributed by atoms with Crippen molar-refractivity contribution in [1.29, 1.82) is 0 Å². The molecule has 0 spiro atoms. The fraction of sp³-hybridized carbons (Fsp3) is 0.450. The van der Waals surface area contributed by atoms with Gasteiger partial charge in [0.1, 0.15) is 0 Å². The highest BCUT2D eigenvalue weighted by molar-refractivity contribution is 8.00. The molecule has 1 atom stereocenters. The first-order valence-corrected chi connectivity index (χ1v) is 9.88. The maximum absolute atomic E-state index is 12.7. The normalized spacial score (nSPS) is 16.3. The lowest BCUT2D eigenvalue weighted by Gasteiger charge is -2.23. The summed E-state index contributed by atoms with van der Waals surface area (Å²) in [5.74, 6) is 0.207. The molecule has 1 amide bonds. The van der Waals surface area contributed by atoms with Crippen LogP contribution in [0.15, 0.2) is 41.6 Å². The molecule has 5 heteroatoms. The van der Waals surface area contributed by atoms with Crippen molar-refractivity contribution in [2.45, 2.75) is 49.9 Å². The van der Waals surface area contributed by atoms with Crippen LogP contribution in [0.2, 0.25) is 0 Å². The summed E-state index contributed by atoms with van der Waals surface area (Å²) in [5, 5.41) is 0.512. The van der Waals surface area contributed by atoms with Gasteiger partial charge < -0.3 is 4.90 Å². The Morgan fingerprint density at radius 3 is 2.44 bits per heavy atom. The molecule has 0 aliphatic carbocycles. The average Bonchev–Trinajstić information content (AvgIpc) is 2.90. The molecule has 132 valence electrons. The molecule has 1 aliphatic heterocycles. The van der Waals surface area contributed by atoms with Crippen molar-refractivity contribution >= 4 is 17.7 Å². The summed E-state index contributed by atoms with van der Waals surface area (Å²) >= 11 is 1.46. The SMILES string of the molecule is Cc1cc(-c2ccccc2)nc(S[C@H](C)C(=O)N2CCCCCC2)n1. The van der Waals surface area contributed by atoms with E-state index >= 15 is 0 Å². The minimum Gasteiger partial charge on any atom is -0.342 e. The number of aromatic nitrogens is 2. The zero-order valence-electron chi connectivity index (χ0n) is 14.9. The standard InChI is InChI=1S/C20H25N3OS/c1-15-14-18(17-10-6-5-7-11-17)22-20(21-15)25-16(2)19(24)23-12-8-3-4-9-13-23/h5-7,10-11,14,16H,3-4,8-9,12-13H2,1-2H3/t16-/m1/s1. The number of hydrogen-bond donors (Lipinski definition) is 0. The zero-order chi connectivity index (χ0) is 17.6. The van der Waals surface area contributed by atoms with Crippen molar-refractivity contribution in [2.24, 2.45) is 0 Å². The summed E-state index contributed by atoms with van der Waals surface area (Å²) < 4.78 is 0. The van der Waals surface area contributed by atoms with Crippen molar-refractivity contribution in [2.75, 3.05) is 13.1 Å². The predicted octanol–water partition coefficient (Wildman–Crippen LogP) is 4.34. The molecule has 1 saturated heterocycles. The van der Waals surface area contributed by atoms with Gasteiger partial charge in [0, 0.05) is 24.3 Å². The Balaban J connectivity index is 1.73. The van der Waals surface area contributed by atoms with E-state index in [4.69, 9.17) is 0 Å². The molecule has 0 saturated carbocycles. The van der Waals surface area contributed by atoms with Crippen LogP contribution >= 0.6 is 11.8 Å². The molecule has 2 aromatic rings. The van der Waals surface area contributed by atoms with Crippen LogP contribution in [0.4, 0.5) is 0 Å². The van der Waals surface area contributed by atoms with Crippen molar-refractivity contribution in [3.8, 4) is 11.3 Å². The summed E-state index contributed by atoms with van der Waals surface area (Å²) in [6, 6.07) is 12.1. The zero-order valence-corrected chi connectivity index (χ0v) is 15.8. The number of aryl methyl sites for hydroxylation is 1. The van der Waals surface area contributed by atoms with Gasteiger partial charge in [-0.05, 0) is 32.8 Å². The van der Waals surface area contributed by atoms with Crippen LogP contribution < -0.4 is 0 Å². The van der Waals surface area contributed by atoms with Gasteiger partial charge in [-0.3, -0.25) is 4.79 Å². The average molecular weight is 356 g/mol. The molecule has 0 bridgehead atoms. The number of benzene rings is 1. The summed E-state index contributed by atoms with van der Waals surface area (Å²) in [4.78, 5) is 24.0. The molecule has 1 fully saturated rings. The Hall–Kier alpha value is -1.88. The molecule has 1 aromatic carbocycles. The quantitative estimate of drug-likeness (QED) is 0.605.